The third-order valence-electron chi connectivity index (χ3n) is 4.11. The molecule has 0 aromatic carbocycles. The van der Waals surface area contributed by atoms with Gasteiger partial charge in [-0.25, -0.2) is 13.4 Å². The third kappa shape index (κ3) is 3.43. The van der Waals surface area contributed by atoms with Crippen LogP contribution in [-0.2, 0) is 16.4 Å². The van der Waals surface area contributed by atoms with E-state index < -0.39 is 14.6 Å². The van der Waals surface area contributed by atoms with Crippen LogP contribution in [0.5, 0.6) is 0 Å². The highest BCUT2D eigenvalue weighted by atomic mass is 32.2. The van der Waals surface area contributed by atoms with Crippen LogP contribution in [0, 0.1) is 6.92 Å². The van der Waals surface area contributed by atoms with Crippen LogP contribution in [0.2, 0.25) is 0 Å². The van der Waals surface area contributed by atoms with Crippen molar-refractivity contribution in [2.75, 3.05) is 32.4 Å². The van der Waals surface area contributed by atoms with E-state index in [1.807, 2.05) is 18.0 Å². The topological polar surface area (TPSA) is 79.6 Å². The van der Waals surface area contributed by atoms with Crippen LogP contribution in [0.1, 0.15) is 19.7 Å². The maximum Gasteiger partial charge on any atom is 0.193 e. The Morgan fingerprint density at radius 2 is 2.23 bits per heavy atom. The fraction of sp³-hybridized carbons (Fsp3) is 0.714. The summed E-state index contributed by atoms with van der Waals surface area (Å²) in [6.07, 6.45) is 3.72. The summed E-state index contributed by atoms with van der Waals surface area (Å²) in [5, 5.41) is 3.30. The van der Waals surface area contributed by atoms with Crippen LogP contribution >= 0.6 is 0 Å². The van der Waals surface area contributed by atoms with Gasteiger partial charge in [-0.3, -0.25) is 4.99 Å². The van der Waals surface area contributed by atoms with Gasteiger partial charge in [0.15, 0.2) is 15.8 Å². The molecule has 0 saturated carbocycles. The SMILES string of the molecule is CN=C(NCCn1ccnc1C)N1CCS(=O)(=O)C(C)(C)C1. The Morgan fingerprint density at radius 1 is 1.50 bits per heavy atom. The first-order valence-corrected chi connectivity index (χ1v) is 9.08. The summed E-state index contributed by atoms with van der Waals surface area (Å²) in [5.74, 6) is 1.89. The van der Waals surface area contributed by atoms with E-state index in [-0.39, 0.29) is 5.75 Å². The predicted molar refractivity (Wildman–Crippen MR) is 87.8 cm³/mol. The molecule has 0 radical (unpaired) electrons. The van der Waals surface area contributed by atoms with Crippen molar-refractivity contribution in [2.24, 2.45) is 4.99 Å². The first kappa shape index (κ1) is 16.8. The molecule has 1 saturated heterocycles. The molecule has 0 bridgehead atoms. The molecule has 1 aliphatic rings. The standard InChI is InChI=1S/C14H25N5O2S/c1-12-16-5-7-18(12)8-6-17-13(15-4)19-9-10-22(20,21)14(2,3)11-19/h5,7H,6,8-11H2,1-4H3,(H,15,17). The number of guanidine groups is 1. The Kier molecular flexibility index (Phi) is 4.79. The zero-order chi connectivity index (χ0) is 16.4. The largest absolute Gasteiger partial charge is 0.354 e. The highest BCUT2D eigenvalue weighted by molar-refractivity contribution is 7.92. The lowest BCUT2D eigenvalue weighted by Gasteiger charge is -2.39. The molecule has 1 aromatic heterocycles. The van der Waals surface area contributed by atoms with Crippen molar-refractivity contribution in [1.82, 2.24) is 19.8 Å². The van der Waals surface area contributed by atoms with Gasteiger partial charge in [-0.2, -0.15) is 0 Å². The van der Waals surface area contributed by atoms with E-state index in [0.29, 0.717) is 19.6 Å². The van der Waals surface area contributed by atoms with E-state index in [1.54, 1.807) is 27.1 Å². The van der Waals surface area contributed by atoms with Crippen LogP contribution in [0.4, 0.5) is 0 Å². The smallest absolute Gasteiger partial charge is 0.193 e. The summed E-state index contributed by atoms with van der Waals surface area (Å²) < 4.78 is 25.5. The number of nitrogens with one attached hydrogen (secondary N) is 1. The summed E-state index contributed by atoms with van der Waals surface area (Å²) in [7, 11) is -1.31. The summed E-state index contributed by atoms with van der Waals surface area (Å²) >= 11 is 0. The van der Waals surface area contributed by atoms with Crippen LogP contribution in [0.15, 0.2) is 17.4 Å². The van der Waals surface area contributed by atoms with Crippen LogP contribution < -0.4 is 5.32 Å². The Hall–Kier alpha value is -1.57. The number of imidazole rings is 1. The molecule has 1 aliphatic heterocycles. The molecule has 0 amide bonds. The van der Waals surface area contributed by atoms with Gasteiger partial charge in [0.05, 0.1) is 10.5 Å². The van der Waals surface area contributed by atoms with Crippen molar-refractivity contribution in [3.05, 3.63) is 18.2 Å². The second-order valence-corrected chi connectivity index (χ2v) is 8.88. The van der Waals surface area contributed by atoms with E-state index in [4.69, 9.17) is 0 Å². The highest BCUT2D eigenvalue weighted by Gasteiger charge is 2.40. The van der Waals surface area contributed by atoms with Crippen molar-refractivity contribution in [3.8, 4) is 0 Å². The van der Waals surface area contributed by atoms with Gasteiger partial charge in [-0.1, -0.05) is 0 Å². The number of sulfone groups is 1. The minimum atomic E-state index is -3.03. The molecular formula is C14H25N5O2S. The van der Waals surface area contributed by atoms with Crippen LogP contribution in [0.25, 0.3) is 0 Å². The van der Waals surface area contributed by atoms with Gasteiger partial charge in [0.2, 0.25) is 0 Å². The first-order chi connectivity index (χ1) is 10.3. The molecule has 124 valence electrons. The molecule has 0 aliphatic carbocycles. The molecular weight excluding hydrogens is 302 g/mol. The Balaban J connectivity index is 1.94. The van der Waals surface area contributed by atoms with Gasteiger partial charge < -0.3 is 14.8 Å². The van der Waals surface area contributed by atoms with Gasteiger partial charge in [0.1, 0.15) is 5.82 Å². The van der Waals surface area contributed by atoms with E-state index in [1.165, 1.54) is 0 Å². The van der Waals surface area contributed by atoms with Crippen LogP contribution in [0.3, 0.4) is 0 Å². The van der Waals surface area contributed by atoms with Crippen LogP contribution in [-0.4, -0.2) is 66.0 Å². The van der Waals surface area contributed by atoms with Crippen molar-refractivity contribution in [3.63, 3.8) is 0 Å². The average Bonchev–Trinajstić information content (AvgIpc) is 2.84. The normalized spacial score (nSPS) is 20.9. The van der Waals surface area contributed by atoms with Crippen molar-refractivity contribution < 1.29 is 8.42 Å². The minimum absolute atomic E-state index is 0.168. The average molecular weight is 327 g/mol. The maximum atomic E-state index is 12.1. The molecule has 8 heteroatoms. The number of aryl methyl sites for hydroxylation is 1. The predicted octanol–water partition coefficient (Wildman–Crippen LogP) is 0.276. The zero-order valence-corrected chi connectivity index (χ0v) is 14.5. The zero-order valence-electron chi connectivity index (χ0n) is 13.7. The maximum absolute atomic E-state index is 12.1. The van der Waals surface area contributed by atoms with Gasteiger partial charge in [0, 0.05) is 45.6 Å². The Morgan fingerprint density at radius 3 is 2.77 bits per heavy atom. The Bertz CT molecular complexity index is 648. The van der Waals surface area contributed by atoms with E-state index in [9.17, 15) is 8.42 Å². The third-order valence-corrected chi connectivity index (χ3v) is 6.65. The fourth-order valence-electron chi connectivity index (χ4n) is 2.58. The van der Waals surface area contributed by atoms with Crippen molar-refractivity contribution in [2.45, 2.75) is 32.1 Å². The molecule has 0 spiro atoms. The molecule has 22 heavy (non-hydrogen) atoms. The van der Waals surface area contributed by atoms with E-state index >= 15 is 0 Å². The van der Waals surface area contributed by atoms with E-state index in [0.717, 1.165) is 18.3 Å². The summed E-state index contributed by atoms with van der Waals surface area (Å²) in [6, 6.07) is 0. The fourth-order valence-corrected chi connectivity index (χ4v) is 3.95. The second kappa shape index (κ2) is 6.28. The first-order valence-electron chi connectivity index (χ1n) is 7.42. The quantitative estimate of drug-likeness (QED) is 0.637. The number of aromatic nitrogens is 2. The summed E-state index contributed by atoms with van der Waals surface area (Å²) in [4.78, 5) is 10.5. The number of hydrogen-bond acceptors (Lipinski definition) is 4. The summed E-state index contributed by atoms with van der Waals surface area (Å²) in [6.45, 7) is 7.96. The number of nitrogens with zero attached hydrogens (tertiary/aromatic N) is 4. The lowest BCUT2D eigenvalue weighted by molar-refractivity contribution is 0.352. The van der Waals surface area contributed by atoms with Gasteiger partial charge in [0.25, 0.3) is 0 Å². The summed E-state index contributed by atoms with van der Waals surface area (Å²) in [5.41, 5.74) is 0. The van der Waals surface area contributed by atoms with Crippen molar-refractivity contribution in [1.29, 1.82) is 0 Å². The number of rotatable bonds is 3. The molecule has 1 aromatic rings. The van der Waals surface area contributed by atoms with Crippen molar-refractivity contribution >= 4 is 15.8 Å². The minimum Gasteiger partial charge on any atom is -0.354 e. The number of hydrogen-bond donors (Lipinski definition) is 1. The molecule has 2 heterocycles. The molecule has 1 fully saturated rings. The van der Waals surface area contributed by atoms with Gasteiger partial charge in [-0.05, 0) is 20.8 Å². The highest BCUT2D eigenvalue weighted by Crippen LogP contribution is 2.23. The lowest BCUT2D eigenvalue weighted by Crippen LogP contribution is -2.57. The Labute approximate surface area is 132 Å². The monoisotopic (exact) mass is 327 g/mol. The number of aliphatic imine (C=N–C) groups is 1. The van der Waals surface area contributed by atoms with Gasteiger partial charge in [-0.15, -0.1) is 0 Å². The molecule has 0 atom stereocenters. The second-order valence-electron chi connectivity index (χ2n) is 6.14. The van der Waals surface area contributed by atoms with E-state index in [2.05, 4.69) is 19.9 Å². The van der Waals surface area contributed by atoms with Gasteiger partial charge >= 0.3 is 0 Å². The molecule has 1 N–H and O–H groups in total. The molecule has 7 nitrogen and oxygen atoms in total. The molecule has 2 rings (SSSR count). The molecule has 0 unspecified atom stereocenters. The lowest BCUT2D eigenvalue weighted by atomic mass is 10.2.